The molecule has 2 N–H and O–H groups in total. The topological polar surface area (TPSA) is 90.6 Å². The quantitative estimate of drug-likeness (QED) is 0.770. The van der Waals surface area contributed by atoms with Gasteiger partial charge < -0.3 is 20.1 Å². The van der Waals surface area contributed by atoms with Gasteiger partial charge in [0, 0.05) is 12.1 Å². The molecule has 2 heterocycles. The zero-order valence-electron chi connectivity index (χ0n) is 14.1. The lowest BCUT2D eigenvalue weighted by Crippen LogP contribution is -2.32. The van der Waals surface area contributed by atoms with Crippen LogP contribution in [0.25, 0.3) is 0 Å². The van der Waals surface area contributed by atoms with E-state index in [4.69, 9.17) is 15.2 Å². The summed E-state index contributed by atoms with van der Waals surface area (Å²) in [4.78, 5) is 14.6. The Balaban J connectivity index is 1.74. The summed E-state index contributed by atoms with van der Waals surface area (Å²) in [6, 6.07) is 5.69. The van der Waals surface area contributed by atoms with Crippen LogP contribution in [0.1, 0.15) is 24.4 Å². The Bertz CT molecular complexity index is 753. The second-order valence-corrected chi connectivity index (χ2v) is 7.78. The first kappa shape index (κ1) is 17.8. The molecular formula is C16H20N4O3S2. The zero-order valence-corrected chi connectivity index (χ0v) is 15.7. The largest absolute Gasteiger partial charge is 0.497 e. The monoisotopic (exact) mass is 380 g/mol. The predicted octanol–water partition coefficient (Wildman–Crippen LogP) is 2.59. The molecule has 1 aromatic carbocycles. The van der Waals surface area contributed by atoms with Crippen molar-refractivity contribution in [1.82, 2.24) is 15.1 Å². The minimum atomic E-state index is -0.00219. The van der Waals surface area contributed by atoms with E-state index in [1.807, 2.05) is 23.1 Å². The van der Waals surface area contributed by atoms with Gasteiger partial charge in [0.15, 0.2) is 4.34 Å². The van der Waals surface area contributed by atoms with Crippen molar-refractivity contribution in [2.45, 2.75) is 23.2 Å². The lowest BCUT2D eigenvalue weighted by Gasteiger charge is -2.26. The summed E-state index contributed by atoms with van der Waals surface area (Å²) >= 11 is 2.66. The number of methoxy groups -OCH3 is 2. The molecule has 1 saturated heterocycles. The summed E-state index contributed by atoms with van der Waals surface area (Å²) in [6.07, 6.45) is 1.87. The number of aromatic nitrogens is 2. The highest BCUT2D eigenvalue weighted by Gasteiger charge is 2.32. The fourth-order valence-corrected chi connectivity index (χ4v) is 4.50. The van der Waals surface area contributed by atoms with E-state index in [-0.39, 0.29) is 11.9 Å². The molecule has 2 aromatic rings. The van der Waals surface area contributed by atoms with Crippen LogP contribution in [0.3, 0.4) is 0 Å². The van der Waals surface area contributed by atoms with Crippen LogP contribution in [0.5, 0.6) is 11.5 Å². The molecular weight excluding hydrogens is 360 g/mol. The summed E-state index contributed by atoms with van der Waals surface area (Å²) in [5.74, 6) is 1.92. The van der Waals surface area contributed by atoms with Gasteiger partial charge in [0.05, 0.1) is 26.0 Å². The van der Waals surface area contributed by atoms with Crippen LogP contribution in [0.2, 0.25) is 0 Å². The number of carbonyl (C=O) groups is 1. The summed E-state index contributed by atoms with van der Waals surface area (Å²) in [5.41, 5.74) is 6.56. The average molecular weight is 380 g/mol. The van der Waals surface area contributed by atoms with Gasteiger partial charge in [-0.2, -0.15) is 0 Å². The number of hydrogen-bond acceptors (Lipinski definition) is 8. The third-order valence-corrected chi connectivity index (χ3v) is 5.98. The van der Waals surface area contributed by atoms with Crippen molar-refractivity contribution in [3.8, 4) is 11.5 Å². The SMILES string of the molecule is COc1ccc(OC)c([C@@H]2CCCN2C(=O)CSc2nnc(N)s2)c1. The molecule has 1 amide bonds. The molecule has 3 rings (SSSR count). The lowest BCUT2D eigenvalue weighted by molar-refractivity contribution is -0.129. The molecule has 0 aliphatic carbocycles. The molecule has 1 aliphatic rings. The number of rotatable bonds is 6. The number of hydrogen-bond donors (Lipinski definition) is 1. The van der Waals surface area contributed by atoms with Crippen LogP contribution in [-0.4, -0.2) is 47.5 Å². The number of nitrogen functional groups attached to an aromatic ring is 1. The second-order valence-electron chi connectivity index (χ2n) is 5.55. The number of nitrogens with two attached hydrogens (primary N) is 1. The predicted molar refractivity (Wildman–Crippen MR) is 98.3 cm³/mol. The summed E-state index contributed by atoms with van der Waals surface area (Å²) in [5, 5.41) is 8.12. The molecule has 9 heteroatoms. The molecule has 1 fully saturated rings. The van der Waals surface area contributed by atoms with Crippen molar-refractivity contribution in [2.24, 2.45) is 0 Å². The first-order valence-corrected chi connectivity index (χ1v) is 9.65. The summed E-state index contributed by atoms with van der Waals surface area (Å²) in [6.45, 7) is 0.739. The molecule has 1 aliphatic heterocycles. The van der Waals surface area contributed by atoms with Crippen LogP contribution in [0.4, 0.5) is 5.13 Å². The van der Waals surface area contributed by atoms with Crippen molar-refractivity contribution < 1.29 is 14.3 Å². The van der Waals surface area contributed by atoms with Crippen LogP contribution in [0, 0.1) is 0 Å². The van der Waals surface area contributed by atoms with Crippen LogP contribution >= 0.6 is 23.1 Å². The molecule has 0 bridgehead atoms. The average Bonchev–Trinajstić information content (AvgIpc) is 3.28. The minimum Gasteiger partial charge on any atom is -0.497 e. The maximum atomic E-state index is 12.7. The van der Waals surface area contributed by atoms with E-state index in [1.165, 1.54) is 23.1 Å². The Morgan fingerprint density at radius 1 is 1.40 bits per heavy atom. The zero-order chi connectivity index (χ0) is 17.8. The lowest BCUT2D eigenvalue weighted by atomic mass is 10.0. The first-order chi connectivity index (χ1) is 12.1. The van der Waals surface area contributed by atoms with E-state index in [0.717, 1.165) is 36.4 Å². The maximum Gasteiger partial charge on any atom is 0.233 e. The number of amides is 1. The Morgan fingerprint density at radius 3 is 2.92 bits per heavy atom. The summed E-state index contributed by atoms with van der Waals surface area (Å²) in [7, 11) is 3.27. The van der Waals surface area contributed by atoms with Crippen LogP contribution < -0.4 is 15.2 Å². The standard InChI is InChI=1S/C16H20N4O3S2/c1-22-10-5-6-13(23-2)11(8-10)12-4-3-7-20(12)14(21)9-24-16-19-18-15(17)25-16/h5-6,8,12H,3-4,7,9H2,1-2H3,(H2,17,18)/t12-/m0/s1. The van der Waals surface area contributed by atoms with E-state index >= 15 is 0 Å². The highest BCUT2D eigenvalue weighted by atomic mass is 32.2. The van der Waals surface area contributed by atoms with Crippen molar-refractivity contribution in [1.29, 1.82) is 0 Å². The van der Waals surface area contributed by atoms with E-state index in [1.54, 1.807) is 14.2 Å². The van der Waals surface area contributed by atoms with Crippen molar-refractivity contribution >= 4 is 34.1 Å². The van der Waals surface area contributed by atoms with Gasteiger partial charge >= 0.3 is 0 Å². The van der Waals surface area contributed by atoms with Gasteiger partial charge in [-0.15, -0.1) is 10.2 Å². The third kappa shape index (κ3) is 3.98. The number of likely N-dealkylation sites (tertiary alicyclic amines) is 1. The number of anilines is 1. The van der Waals surface area contributed by atoms with Crippen molar-refractivity contribution in [3.63, 3.8) is 0 Å². The molecule has 1 aromatic heterocycles. The number of nitrogens with zero attached hydrogens (tertiary/aromatic N) is 3. The number of carbonyl (C=O) groups excluding carboxylic acids is 1. The summed E-state index contributed by atoms with van der Waals surface area (Å²) < 4.78 is 11.5. The van der Waals surface area contributed by atoms with Crippen molar-refractivity contribution in [3.05, 3.63) is 23.8 Å². The molecule has 134 valence electrons. The highest BCUT2D eigenvalue weighted by molar-refractivity contribution is 8.01. The van der Waals surface area contributed by atoms with Crippen LogP contribution in [0.15, 0.2) is 22.5 Å². The van der Waals surface area contributed by atoms with Crippen molar-refractivity contribution in [2.75, 3.05) is 32.3 Å². The normalized spacial score (nSPS) is 16.9. The third-order valence-electron chi connectivity index (χ3n) is 4.11. The molecule has 1 atom stereocenters. The smallest absolute Gasteiger partial charge is 0.233 e. The number of benzene rings is 1. The number of ether oxygens (including phenoxy) is 2. The van der Waals surface area contributed by atoms with Gasteiger partial charge in [0.2, 0.25) is 11.0 Å². The Labute approximate surface area is 154 Å². The van der Waals surface area contributed by atoms with Crippen LogP contribution in [-0.2, 0) is 4.79 Å². The Hall–Kier alpha value is -2.00. The highest BCUT2D eigenvalue weighted by Crippen LogP contribution is 2.39. The molecule has 0 unspecified atom stereocenters. The van der Waals surface area contributed by atoms with Gasteiger partial charge in [0.25, 0.3) is 0 Å². The molecule has 0 spiro atoms. The fraction of sp³-hybridized carbons (Fsp3) is 0.438. The van der Waals surface area contributed by atoms with E-state index in [0.29, 0.717) is 15.2 Å². The van der Waals surface area contributed by atoms with Gasteiger partial charge in [-0.1, -0.05) is 23.1 Å². The molecule has 7 nitrogen and oxygen atoms in total. The van der Waals surface area contributed by atoms with Gasteiger partial charge in [-0.3, -0.25) is 4.79 Å². The second kappa shape index (κ2) is 7.92. The van der Waals surface area contributed by atoms with E-state index in [2.05, 4.69) is 10.2 Å². The van der Waals surface area contributed by atoms with E-state index in [9.17, 15) is 4.79 Å². The van der Waals surface area contributed by atoms with Gasteiger partial charge in [0.1, 0.15) is 11.5 Å². The Kier molecular flexibility index (Phi) is 5.64. The number of thioether (sulfide) groups is 1. The minimum absolute atomic E-state index is 0.00219. The molecule has 25 heavy (non-hydrogen) atoms. The fourth-order valence-electron chi connectivity index (χ4n) is 2.97. The van der Waals surface area contributed by atoms with Gasteiger partial charge in [-0.25, -0.2) is 0 Å². The first-order valence-electron chi connectivity index (χ1n) is 7.85. The molecule has 0 radical (unpaired) electrons. The molecule has 0 saturated carbocycles. The maximum absolute atomic E-state index is 12.7. The van der Waals surface area contributed by atoms with E-state index < -0.39 is 0 Å². The Morgan fingerprint density at radius 2 is 2.24 bits per heavy atom. The van der Waals surface area contributed by atoms with Gasteiger partial charge in [-0.05, 0) is 31.0 Å².